The number of halogens is 1. The molecule has 2 atom stereocenters. The molecule has 17 heavy (non-hydrogen) atoms. The highest BCUT2D eigenvalue weighted by Crippen LogP contribution is 2.31. The molecule has 0 bridgehead atoms. The van der Waals surface area contributed by atoms with Gasteiger partial charge in [0.25, 0.3) is 0 Å². The first kappa shape index (κ1) is 10.8. The number of H-pyrrole nitrogens is 1. The second-order valence-electron chi connectivity index (χ2n) is 4.97. The molecule has 2 N–H and O–H groups in total. The van der Waals surface area contributed by atoms with Crippen molar-refractivity contribution in [2.45, 2.75) is 31.8 Å². The van der Waals surface area contributed by atoms with Crippen molar-refractivity contribution in [1.82, 2.24) is 4.98 Å². The van der Waals surface area contributed by atoms with Gasteiger partial charge < -0.3 is 10.1 Å². The van der Waals surface area contributed by atoms with Crippen LogP contribution >= 0.6 is 0 Å². The van der Waals surface area contributed by atoms with Gasteiger partial charge in [0.05, 0.1) is 6.10 Å². The molecule has 90 valence electrons. The number of nitrogens with one attached hydrogen (secondary N) is 1. The third kappa shape index (κ3) is 1.95. The Morgan fingerprint density at radius 3 is 3.00 bits per heavy atom. The van der Waals surface area contributed by atoms with Crippen molar-refractivity contribution in [2.24, 2.45) is 5.92 Å². The molecule has 0 amide bonds. The molecule has 2 nitrogen and oxygen atoms in total. The largest absolute Gasteiger partial charge is 0.393 e. The van der Waals surface area contributed by atoms with Crippen LogP contribution in [0.1, 0.15) is 24.8 Å². The fourth-order valence-corrected chi connectivity index (χ4v) is 2.87. The zero-order valence-corrected chi connectivity index (χ0v) is 9.62. The average molecular weight is 233 g/mol. The van der Waals surface area contributed by atoms with Crippen molar-refractivity contribution < 1.29 is 9.50 Å². The third-order valence-electron chi connectivity index (χ3n) is 3.83. The molecule has 1 fully saturated rings. The third-order valence-corrected chi connectivity index (χ3v) is 3.83. The molecule has 3 heteroatoms. The second-order valence-corrected chi connectivity index (χ2v) is 4.97. The maximum atomic E-state index is 13.1. The van der Waals surface area contributed by atoms with E-state index in [9.17, 15) is 9.50 Å². The Balaban J connectivity index is 1.90. The van der Waals surface area contributed by atoms with Crippen molar-refractivity contribution in [3.8, 4) is 0 Å². The normalized spacial score (nSPS) is 24.6. The first-order valence-electron chi connectivity index (χ1n) is 6.17. The van der Waals surface area contributed by atoms with E-state index < -0.39 is 0 Å². The van der Waals surface area contributed by atoms with Crippen molar-refractivity contribution in [3.05, 3.63) is 35.8 Å². The maximum absolute atomic E-state index is 13.1. The number of rotatable bonds is 2. The lowest BCUT2D eigenvalue weighted by Gasteiger charge is -2.13. The summed E-state index contributed by atoms with van der Waals surface area (Å²) in [7, 11) is 0. The second kappa shape index (κ2) is 4.15. The molecule has 1 aliphatic rings. The number of fused-ring (bicyclic) bond motifs is 1. The van der Waals surface area contributed by atoms with E-state index >= 15 is 0 Å². The standard InChI is InChI=1S/C14H16FNO/c15-11-4-5-12-10(8-16-13(12)7-11)6-9-2-1-3-14(9)17/h4-5,7-9,14,16-17H,1-3,6H2. The summed E-state index contributed by atoms with van der Waals surface area (Å²) in [5.41, 5.74) is 2.03. The molecular formula is C14H16FNO. The van der Waals surface area contributed by atoms with Gasteiger partial charge in [-0.25, -0.2) is 4.39 Å². The molecule has 0 radical (unpaired) electrons. The predicted octanol–water partition coefficient (Wildman–Crippen LogP) is 3.01. The summed E-state index contributed by atoms with van der Waals surface area (Å²) < 4.78 is 13.1. The van der Waals surface area contributed by atoms with Gasteiger partial charge in [0.15, 0.2) is 0 Å². The van der Waals surface area contributed by atoms with Crippen LogP contribution in [0.15, 0.2) is 24.4 Å². The topological polar surface area (TPSA) is 36.0 Å². The lowest BCUT2D eigenvalue weighted by molar-refractivity contribution is 0.133. The van der Waals surface area contributed by atoms with E-state index in [4.69, 9.17) is 0 Å². The lowest BCUT2D eigenvalue weighted by Crippen LogP contribution is -2.15. The van der Waals surface area contributed by atoms with E-state index in [1.54, 1.807) is 0 Å². The number of aliphatic hydroxyl groups is 1. The summed E-state index contributed by atoms with van der Waals surface area (Å²) >= 11 is 0. The number of hydrogen-bond donors (Lipinski definition) is 2. The Hall–Kier alpha value is -1.35. The zero-order valence-electron chi connectivity index (χ0n) is 9.62. The van der Waals surface area contributed by atoms with E-state index in [1.165, 1.54) is 17.7 Å². The molecule has 0 spiro atoms. The monoisotopic (exact) mass is 233 g/mol. The SMILES string of the molecule is OC1CCCC1Cc1c[nH]c2cc(F)ccc12. The van der Waals surface area contributed by atoms with Gasteiger partial charge >= 0.3 is 0 Å². The molecule has 2 unspecified atom stereocenters. The highest BCUT2D eigenvalue weighted by molar-refractivity contribution is 5.83. The van der Waals surface area contributed by atoms with Crippen molar-refractivity contribution in [3.63, 3.8) is 0 Å². The molecular weight excluding hydrogens is 217 g/mol. The molecule has 1 saturated carbocycles. The van der Waals surface area contributed by atoms with Crippen LogP contribution in [0.4, 0.5) is 4.39 Å². The van der Waals surface area contributed by atoms with Gasteiger partial charge in [-0.1, -0.05) is 6.42 Å². The Morgan fingerprint density at radius 2 is 2.24 bits per heavy atom. The quantitative estimate of drug-likeness (QED) is 0.821. The molecule has 1 aromatic heterocycles. The van der Waals surface area contributed by atoms with Gasteiger partial charge in [0, 0.05) is 17.1 Å². The minimum Gasteiger partial charge on any atom is -0.393 e. The highest BCUT2D eigenvalue weighted by atomic mass is 19.1. The Bertz CT molecular complexity index is 534. The van der Waals surface area contributed by atoms with Gasteiger partial charge in [0.2, 0.25) is 0 Å². The first-order chi connectivity index (χ1) is 8.24. The smallest absolute Gasteiger partial charge is 0.125 e. The molecule has 1 aromatic carbocycles. The number of aromatic amines is 1. The van der Waals surface area contributed by atoms with Crippen LogP contribution in [0.3, 0.4) is 0 Å². The molecule has 0 aliphatic heterocycles. The van der Waals surface area contributed by atoms with Gasteiger partial charge in [0.1, 0.15) is 5.82 Å². The number of aliphatic hydroxyl groups excluding tert-OH is 1. The molecule has 0 saturated heterocycles. The first-order valence-corrected chi connectivity index (χ1v) is 6.17. The fraction of sp³-hybridized carbons (Fsp3) is 0.429. The maximum Gasteiger partial charge on any atom is 0.125 e. The van der Waals surface area contributed by atoms with Crippen LogP contribution in [0.2, 0.25) is 0 Å². The van der Waals surface area contributed by atoms with Crippen molar-refractivity contribution in [1.29, 1.82) is 0 Å². The zero-order chi connectivity index (χ0) is 11.8. The Kier molecular flexibility index (Phi) is 2.63. The van der Waals surface area contributed by atoms with Gasteiger partial charge in [-0.15, -0.1) is 0 Å². The number of aromatic nitrogens is 1. The van der Waals surface area contributed by atoms with E-state index in [0.717, 1.165) is 36.6 Å². The fourth-order valence-electron chi connectivity index (χ4n) is 2.87. The average Bonchev–Trinajstić information content (AvgIpc) is 2.87. The molecule has 2 aromatic rings. The van der Waals surface area contributed by atoms with E-state index in [1.807, 2.05) is 12.3 Å². The summed E-state index contributed by atoms with van der Waals surface area (Å²) in [4.78, 5) is 3.10. The highest BCUT2D eigenvalue weighted by Gasteiger charge is 2.25. The van der Waals surface area contributed by atoms with Gasteiger partial charge in [-0.05, 0) is 48.9 Å². The summed E-state index contributed by atoms with van der Waals surface area (Å²) in [6, 6.07) is 4.83. The molecule has 3 rings (SSSR count). The van der Waals surface area contributed by atoms with Crippen LogP contribution in [0.5, 0.6) is 0 Å². The minimum atomic E-state index is -0.216. The van der Waals surface area contributed by atoms with Gasteiger partial charge in [-0.3, -0.25) is 0 Å². The van der Waals surface area contributed by atoms with Crippen LogP contribution in [-0.4, -0.2) is 16.2 Å². The van der Waals surface area contributed by atoms with Crippen LogP contribution in [-0.2, 0) is 6.42 Å². The van der Waals surface area contributed by atoms with E-state index in [2.05, 4.69) is 4.98 Å². The van der Waals surface area contributed by atoms with Crippen LogP contribution < -0.4 is 0 Å². The predicted molar refractivity (Wildman–Crippen MR) is 65.3 cm³/mol. The molecule has 1 heterocycles. The summed E-state index contributed by atoms with van der Waals surface area (Å²) in [5, 5.41) is 10.9. The van der Waals surface area contributed by atoms with Gasteiger partial charge in [-0.2, -0.15) is 0 Å². The van der Waals surface area contributed by atoms with Crippen molar-refractivity contribution >= 4 is 10.9 Å². The summed E-state index contributed by atoms with van der Waals surface area (Å²) in [6.07, 6.45) is 5.78. The number of benzene rings is 1. The number of hydrogen-bond acceptors (Lipinski definition) is 1. The summed E-state index contributed by atoms with van der Waals surface area (Å²) in [5.74, 6) is 0.144. The van der Waals surface area contributed by atoms with E-state index in [-0.39, 0.29) is 11.9 Å². The molecule has 1 aliphatic carbocycles. The van der Waals surface area contributed by atoms with E-state index in [0.29, 0.717) is 5.92 Å². The minimum absolute atomic E-state index is 0.166. The lowest BCUT2D eigenvalue weighted by atomic mass is 9.96. The Morgan fingerprint density at radius 1 is 1.35 bits per heavy atom. The summed E-state index contributed by atoms with van der Waals surface area (Å²) in [6.45, 7) is 0. The van der Waals surface area contributed by atoms with Crippen LogP contribution in [0.25, 0.3) is 10.9 Å². The van der Waals surface area contributed by atoms with Crippen molar-refractivity contribution in [2.75, 3.05) is 0 Å². The Labute approximate surface area is 99.5 Å². The van der Waals surface area contributed by atoms with Crippen LogP contribution in [0, 0.1) is 11.7 Å².